The van der Waals surface area contributed by atoms with Crippen molar-refractivity contribution in [3.05, 3.63) is 34.9 Å². The molecule has 0 aliphatic heterocycles. The summed E-state index contributed by atoms with van der Waals surface area (Å²) in [5.41, 5.74) is -0.732. The SMILES string of the molecule is CC(C)CC(C)(O)CNc1nccc2c(Br)cccc12. The molecule has 0 saturated heterocycles. The molecule has 2 aromatic rings. The molecule has 20 heavy (non-hydrogen) atoms. The maximum atomic E-state index is 10.4. The predicted molar refractivity (Wildman–Crippen MR) is 88.0 cm³/mol. The van der Waals surface area contributed by atoms with Crippen molar-refractivity contribution in [3.8, 4) is 0 Å². The Bertz CT molecular complexity index is 596. The molecule has 0 aliphatic carbocycles. The number of pyridine rings is 1. The lowest BCUT2D eigenvalue weighted by molar-refractivity contribution is 0.0515. The lowest BCUT2D eigenvalue weighted by Crippen LogP contribution is -2.35. The van der Waals surface area contributed by atoms with Gasteiger partial charge in [0, 0.05) is 28.0 Å². The van der Waals surface area contributed by atoms with E-state index in [1.807, 2.05) is 31.2 Å². The maximum Gasteiger partial charge on any atom is 0.133 e. The quantitative estimate of drug-likeness (QED) is 0.859. The molecule has 1 aromatic heterocycles. The molecule has 0 saturated carbocycles. The molecule has 2 rings (SSSR count). The topological polar surface area (TPSA) is 45.1 Å². The van der Waals surface area contributed by atoms with Crippen LogP contribution in [0.1, 0.15) is 27.2 Å². The van der Waals surface area contributed by atoms with E-state index in [0.29, 0.717) is 12.5 Å². The highest BCUT2D eigenvalue weighted by Gasteiger charge is 2.22. The van der Waals surface area contributed by atoms with Gasteiger partial charge in [0.15, 0.2) is 0 Å². The summed E-state index contributed by atoms with van der Waals surface area (Å²) in [4.78, 5) is 4.39. The van der Waals surface area contributed by atoms with Gasteiger partial charge in [0.25, 0.3) is 0 Å². The first-order chi connectivity index (χ1) is 9.39. The third-order valence-electron chi connectivity index (χ3n) is 3.24. The fourth-order valence-corrected chi connectivity index (χ4v) is 3.03. The monoisotopic (exact) mass is 336 g/mol. The van der Waals surface area contributed by atoms with Crippen molar-refractivity contribution in [3.63, 3.8) is 0 Å². The Hall–Kier alpha value is -1.13. The number of benzene rings is 1. The van der Waals surface area contributed by atoms with Gasteiger partial charge < -0.3 is 10.4 Å². The number of anilines is 1. The number of halogens is 1. The Labute approximate surface area is 128 Å². The summed E-state index contributed by atoms with van der Waals surface area (Å²) in [7, 11) is 0. The van der Waals surface area contributed by atoms with Gasteiger partial charge in [-0.05, 0) is 31.4 Å². The van der Waals surface area contributed by atoms with E-state index in [4.69, 9.17) is 0 Å². The zero-order chi connectivity index (χ0) is 14.8. The Balaban J connectivity index is 2.20. The van der Waals surface area contributed by atoms with Crippen LogP contribution in [-0.2, 0) is 0 Å². The molecule has 0 fully saturated rings. The molecule has 1 unspecified atom stereocenters. The normalized spacial score (nSPS) is 14.5. The first-order valence-corrected chi connectivity index (χ1v) is 7.68. The minimum absolute atomic E-state index is 0.460. The van der Waals surface area contributed by atoms with Crippen molar-refractivity contribution in [2.45, 2.75) is 32.8 Å². The minimum Gasteiger partial charge on any atom is -0.388 e. The third-order valence-corrected chi connectivity index (χ3v) is 3.93. The molecule has 0 bridgehead atoms. The zero-order valence-electron chi connectivity index (χ0n) is 12.2. The van der Waals surface area contributed by atoms with Gasteiger partial charge in [0.05, 0.1) is 5.60 Å². The van der Waals surface area contributed by atoms with Crippen molar-refractivity contribution >= 4 is 32.5 Å². The van der Waals surface area contributed by atoms with Crippen LogP contribution in [0.5, 0.6) is 0 Å². The van der Waals surface area contributed by atoms with Crippen LogP contribution in [0.2, 0.25) is 0 Å². The fraction of sp³-hybridized carbons (Fsp3) is 0.438. The first kappa shape index (κ1) is 15.3. The van der Waals surface area contributed by atoms with Gasteiger partial charge in [-0.25, -0.2) is 4.98 Å². The van der Waals surface area contributed by atoms with E-state index < -0.39 is 5.60 Å². The number of nitrogens with zero attached hydrogens (tertiary/aromatic N) is 1. The molecule has 1 aromatic carbocycles. The molecule has 1 heterocycles. The number of aliphatic hydroxyl groups is 1. The maximum absolute atomic E-state index is 10.4. The second-order valence-corrected chi connectivity index (χ2v) is 6.80. The van der Waals surface area contributed by atoms with Crippen LogP contribution in [-0.4, -0.2) is 22.2 Å². The summed E-state index contributed by atoms with van der Waals surface area (Å²) in [6.45, 7) is 6.58. The molecule has 3 nitrogen and oxygen atoms in total. The highest BCUT2D eigenvalue weighted by atomic mass is 79.9. The van der Waals surface area contributed by atoms with Gasteiger partial charge in [-0.1, -0.05) is 41.9 Å². The number of aromatic nitrogens is 1. The first-order valence-electron chi connectivity index (χ1n) is 6.88. The van der Waals surface area contributed by atoms with Crippen molar-refractivity contribution in [1.29, 1.82) is 0 Å². The molecule has 0 radical (unpaired) electrons. The van der Waals surface area contributed by atoms with E-state index in [1.54, 1.807) is 6.20 Å². The predicted octanol–water partition coefficient (Wildman–Crippen LogP) is 4.21. The molecule has 0 aliphatic rings. The number of hydrogen-bond acceptors (Lipinski definition) is 3. The molecule has 108 valence electrons. The largest absolute Gasteiger partial charge is 0.388 e. The highest BCUT2D eigenvalue weighted by molar-refractivity contribution is 9.10. The van der Waals surface area contributed by atoms with Gasteiger partial charge in [-0.3, -0.25) is 0 Å². The summed E-state index contributed by atoms with van der Waals surface area (Å²) in [6, 6.07) is 8.02. The van der Waals surface area contributed by atoms with Crippen LogP contribution in [0.3, 0.4) is 0 Å². The lowest BCUT2D eigenvalue weighted by atomic mass is 9.94. The van der Waals surface area contributed by atoms with Crippen molar-refractivity contribution in [1.82, 2.24) is 4.98 Å². The second kappa shape index (κ2) is 6.10. The Morgan fingerprint density at radius 3 is 2.75 bits per heavy atom. The smallest absolute Gasteiger partial charge is 0.133 e. The van der Waals surface area contributed by atoms with Crippen LogP contribution in [0.4, 0.5) is 5.82 Å². The third kappa shape index (κ3) is 3.70. The lowest BCUT2D eigenvalue weighted by Gasteiger charge is -2.26. The van der Waals surface area contributed by atoms with E-state index in [9.17, 15) is 5.11 Å². The van der Waals surface area contributed by atoms with Crippen LogP contribution in [0.25, 0.3) is 10.8 Å². The Morgan fingerprint density at radius 1 is 1.30 bits per heavy atom. The van der Waals surface area contributed by atoms with Gasteiger partial charge in [0.2, 0.25) is 0 Å². The van der Waals surface area contributed by atoms with Gasteiger partial charge in [0.1, 0.15) is 5.82 Å². The zero-order valence-corrected chi connectivity index (χ0v) is 13.7. The summed E-state index contributed by atoms with van der Waals surface area (Å²) >= 11 is 3.55. The molecular weight excluding hydrogens is 316 g/mol. The van der Waals surface area contributed by atoms with Crippen LogP contribution in [0.15, 0.2) is 34.9 Å². The Kier molecular flexibility index (Phi) is 4.66. The summed E-state index contributed by atoms with van der Waals surface area (Å²) in [5, 5.41) is 15.8. The summed E-state index contributed by atoms with van der Waals surface area (Å²) in [6.07, 6.45) is 2.54. The summed E-state index contributed by atoms with van der Waals surface area (Å²) < 4.78 is 1.05. The fourth-order valence-electron chi connectivity index (χ4n) is 2.54. The van der Waals surface area contributed by atoms with Gasteiger partial charge in [-0.2, -0.15) is 0 Å². The van der Waals surface area contributed by atoms with Crippen molar-refractivity contribution in [2.24, 2.45) is 5.92 Å². The standard InChI is InChI=1S/C16H21BrN2O/c1-11(2)9-16(3,20)10-19-15-13-5-4-6-14(17)12(13)7-8-18-15/h4-8,11,20H,9-10H2,1-3H3,(H,18,19). The number of nitrogens with one attached hydrogen (secondary N) is 1. The molecule has 0 amide bonds. The average molecular weight is 337 g/mol. The highest BCUT2D eigenvalue weighted by Crippen LogP contribution is 2.28. The van der Waals surface area contributed by atoms with Gasteiger partial charge in [-0.15, -0.1) is 0 Å². The molecule has 2 N–H and O–H groups in total. The summed E-state index contributed by atoms with van der Waals surface area (Å²) in [5.74, 6) is 1.27. The van der Waals surface area contributed by atoms with Crippen LogP contribution >= 0.6 is 15.9 Å². The van der Waals surface area contributed by atoms with E-state index >= 15 is 0 Å². The van der Waals surface area contributed by atoms with E-state index in [1.165, 1.54) is 0 Å². The van der Waals surface area contributed by atoms with Gasteiger partial charge >= 0.3 is 0 Å². The van der Waals surface area contributed by atoms with E-state index in [-0.39, 0.29) is 0 Å². The van der Waals surface area contributed by atoms with Crippen molar-refractivity contribution in [2.75, 3.05) is 11.9 Å². The van der Waals surface area contributed by atoms with Crippen LogP contribution < -0.4 is 5.32 Å². The number of fused-ring (bicyclic) bond motifs is 1. The van der Waals surface area contributed by atoms with E-state index in [2.05, 4.69) is 40.1 Å². The van der Waals surface area contributed by atoms with Crippen LogP contribution in [0, 0.1) is 5.92 Å². The molecule has 1 atom stereocenters. The average Bonchev–Trinajstić information content (AvgIpc) is 2.35. The molecular formula is C16H21BrN2O. The molecule has 0 spiro atoms. The minimum atomic E-state index is -0.732. The second-order valence-electron chi connectivity index (χ2n) is 5.94. The number of hydrogen-bond donors (Lipinski definition) is 2. The Morgan fingerprint density at radius 2 is 2.05 bits per heavy atom. The van der Waals surface area contributed by atoms with Crippen molar-refractivity contribution < 1.29 is 5.11 Å². The van der Waals surface area contributed by atoms with E-state index in [0.717, 1.165) is 27.5 Å². The number of rotatable bonds is 5. The molecule has 4 heteroatoms.